The lowest BCUT2D eigenvalue weighted by molar-refractivity contribution is 0.00814. The lowest BCUT2D eigenvalue weighted by Crippen LogP contribution is -2.74. The van der Waals surface area contributed by atoms with Crippen LogP contribution < -0.4 is 14.5 Å². The maximum absolute atomic E-state index is 13.3. The van der Waals surface area contributed by atoms with Gasteiger partial charge in [0, 0.05) is 55.1 Å². The molecule has 0 saturated carbocycles. The topological polar surface area (TPSA) is 61.8 Å². The molecular formula is C20H22ClN5O2. The van der Waals surface area contributed by atoms with Crippen LogP contribution in [0, 0.1) is 12.3 Å². The second kappa shape index (κ2) is 6.24. The fourth-order valence-corrected chi connectivity index (χ4v) is 4.53. The second-order valence-corrected chi connectivity index (χ2v) is 8.55. The number of aryl methyl sites for hydroxylation is 1. The summed E-state index contributed by atoms with van der Waals surface area (Å²) in [6.07, 6.45) is 3.52. The van der Waals surface area contributed by atoms with Crippen LogP contribution in [0.3, 0.4) is 0 Å². The molecule has 0 N–H and O–H groups in total. The number of urea groups is 1. The standard InChI is InChI=1S/C20H22ClN5O2/c1-13-6-16-17(7-15(13)21)28-8-14(2)26(16)19(27)25-11-20(12-25)9-24(10-20)18-22-4-3-5-23-18/h3-7,14H,8-12H2,1-2H3. The number of hydrogen-bond acceptors (Lipinski definition) is 5. The molecule has 0 radical (unpaired) electrons. The monoisotopic (exact) mass is 399 g/mol. The van der Waals surface area contributed by atoms with Gasteiger partial charge < -0.3 is 14.5 Å². The quantitative estimate of drug-likeness (QED) is 0.737. The minimum atomic E-state index is -0.0206. The number of anilines is 2. The van der Waals surface area contributed by atoms with E-state index in [0.29, 0.717) is 17.4 Å². The Morgan fingerprint density at radius 3 is 2.64 bits per heavy atom. The molecular weight excluding hydrogens is 378 g/mol. The van der Waals surface area contributed by atoms with E-state index in [1.165, 1.54) is 0 Å². The zero-order valence-electron chi connectivity index (χ0n) is 15.9. The molecule has 28 heavy (non-hydrogen) atoms. The number of hydrogen-bond donors (Lipinski definition) is 0. The van der Waals surface area contributed by atoms with Crippen LogP contribution in [0.1, 0.15) is 12.5 Å². The third kappa shape index (κ3) is 2.68. The highest BCUT2D eigenvalue weighted by atomic mass is 35.5. The summed E-state index contributed by atoms with van der Waals surface area (Å²) in [6.45, 7) is 7.74. The molecule has 1 spiro atoms. The average Bonchev–Trinajstić information content (AvgIpc) is 2.61. The molecule has 0 bridgehead atoms. The van der Waals surface area contributed by atoms with E-state index in [1.54, 1.807) is 18.5 Å². The molecule has 8 heteroatoms. The Hall–Kier alpha value is -2.54. The molecule has 3 aliphatic heterocycles. The van der Waals surface area contributed by atoms with E-state index < -0.39 is 0 Å². The number of amides is 2. The fourth-order valence-electron chi connectivity index (χ4n) is 4.38. The SMILES string of the molecule is Cc1cc2c(cc1Cl)OCC(C)N2C(=O)N1CC2(C1)CN(c1ncccn1)C2. The van der Waals surface area contributed by atoms with Gasteiger partial charge in [-0.3, -0.25) is 4.90 Å². The van der Waals surface area contributed by atoms with Gasteiger partial charge >= 0.3 is 6.03 Å². The van der Waals surface area contributed by atoms with Crippen molar-refractivity contribution >= 4 is 29.3 Å². The van der Waals surface area contributed by atoms with E-state index in [2.05, 4.69) is 14.9 Å². The highest BCUT2D eigenvalue weighted by molar-refractivity contribution is 6.31. The largest absolute Gasteiger partial charge is 0.489 e. The van der Waals surface area contributed by atoms with Crippen molar-refractivity contribution in [3.8, 4) is 5.75 Å². The molecule has 1 aromatic heterocycles. The highest BCUT2D eigenvalue weighted by Crippen LogP contribution is 2.43. The smallest absolute Gasteiger partial charge is 0.325 e. The molecule has 2 fully saturated rings. The Morgan fingerprint density at radius 1 is 1.21 bits per heavy atom. The molecule has 2 aromatic rings. The average molecular weight is 400 g/mol. The molecule has 0 aliphatic carbocycles. The summed E-state index contributed by atoms with van der Waals surface area (Å²) < 4.78 is 5.80. The maximum Gasteiger partial charge on any atom is 0.325 e. The predicted molar refractivity (Wildman–Crippen MR) is 107 cm³/mol. The number of rotatable bonds is 1. The normalized spacial score (nSPS) is 22.2. The van der Waals surface area contributed by atoms with Gasteiger partial charge in [0.1, 0.15) is 12.4 Å². The molecule has 1 aromatic carbocycles. The summed E-state index contributed by atoms with van der Waals surface area (Å²) in [5, 5.41) is 0.654. The van der Waals surface area contributed by atoms with E-state index in [-0.39, 0.29) is 17.5 Å². The van der Waals surface area contributed by atoms with E-state index in [1.807, 2.05) is 35.8 Å². The number of benzene rings is 1. The first-order valence-corrected chi connectivity index (χ1v) is 9.87. The first kappa shape index (κ1) is 17.6. The number of halogens is 1. The molecule has 4 heterocycles. The molecule has 7 nitrogen and oxygen atoms in total. The van der Waals surface area contributed by atoms with E-state index >= 15 is 0 Å². The summed E-state index contributed by atoms with van der Waals surface area (Å²) in [5.41, 5.74) is 1.91. The van der Waals surface area contributed by atoms with Crippen LogP contribution in [-0.2, 0) is 0 Å². The van der Waals surface area contributed by atoms with Gasteiger partial charge in [-0.15, -0.1) is 0 Å². The Kier molecular flexibility index (Phi) is 3.91. The van der Waals surface area contributed by atoms with Crippen molar-refractivity contribution in [2.45, 2.75) is 19.9 Å². The summed E-state index contributed by atoms with van der Waals surface area (Å²) in [5.74, 6) is 1.44. The zero-order valence-corrected chi connectivity index (χ0v) is 16.7. The number of nitrogens with zero attached hydrogens (tertiary/aromatic N) is 5. The lowest BCUT2D eigenvalue weighted by Gasteiger charge is -2.60. The lowest BCUT2D eigenvalue weighted by atomic mass is 9.73. The number of likely N-dealkylation sites (tertiary alicyclic amines) is 1. The van der Waals surface area contributed by atoms with Crippen molar-refractivity contribution in [2.75, 3.05) is 42.6 Å². The molecule has 2 saturated heterocycles. The summed E-state index contributed by atoms with van der Waals surface area (Å²) >= 11 is 6.23. The number of ether oxygens (including phenoxy) is 1. The molecule has 3 aliphatic rings. The molecule has 2 amide bonds. The van der Waals surface area contributed by atoms with Gasteiger partial charge in [0.2, 0.25) is 5.95 Å². The number of carbonyl (C=O) groups excluding carboxylic acids is 1. The number of aromatic nitrogens is 2. The third-order valence-corrected chi connectivity index (χ3v) is 6.24. The van der Waals surface area contributed by atoms with E-state index in [0.717, 1.165) is 43.4 Å². The van der Waals surface area contributed by atoms with Crippen molar-refractivity contribution in [2.24, 2.45) is 5.41 Å². The van der Waals surface area contributed by atoms with Crippen LogP contribution in [0.25, 0.3) is 0 Å². The number of fused-ring (bicyclic) bond motifs is 1. The summed E-state index contributed by atoms with van der Waals surface area (Å²) in [7, 11) is 0. The van der Waals surface area contributed by atoms with Gasteiger partial charge in [-0.05, 0) is 31.5 Å². The van der Waals surface area contributed by atoms with Gasteiger partial charge in [-0.25, -0.2) is 14.8 Å². The van der Waals surface area contributed by atoms with E-state index in [4.69, 9.17) is 16.3 Å². The van der Waals surface area contributed by atoms with Crippen LogP contribution in [0.15, 0.2) is 30.6 Å². The summed E-state index contributed by atoms with van der Waals surface area (Å²) in [4.78, 5) is 27.8. The molecule has 5 rings (SSSR count). The van der Waals surface area contributed by atoms with Crippen LogP contribution in [0.2, 0.25) is 5.02 Å². The molecule has 146 valence electrons. The van der Waals surface area contributed by atoms with Crippen molar-refractivity contribution in [3.63, 3.8) is 0 Å². The third-order valence-electron chi connectivity index (χ3n) is 5.84. The minimum absolute atomic E-state index is 0.0206. The van der Waals surface area contributed by atoms with Crippen molar-refractivity contribution in [3.05, 3.63) is 41.2 Å². The van der Waals surface area contributed by atoms with Gasteiger partial charge in [-0.2, -0.15) is 0 Å². The Bertz CT molecular complexity index is 924. The Balaban J connectivity index is 1.28. The van der Waals surface area contributed by atoms with Crippen molar-refractivity contribution in [1.82, 2.24) is 14.9 Å². The minimum Gasteiger partial charge on any atom is -0.489 e. The van der Waals surface area contributed by atoms with Gasteiger partial charge in [0.15, 0.2) is 0 Å². The summed E-state index contributed by atoms with van der Waals surface area (Å²) in [6, 6.07) is 5.59. The highest BCUT2D eigenvalue weighted by Gasteiger charge is 2.55. The second-order valence-electron chi connectivity index (χ2n) is 8.14. The molecule has 1 atom stereocenters. The van der Waals surface area contributed by atoms with Gasteiger partial charge in [0.05, 0.1) is 11.7 Å². The first-order valence-electron chi connectivity index (χ1n) is 9.49. The van der Waals surface area contributed by atoms with Crippen LogP contribution >= 0.6 is 11.6 Å². The van der Waals surface area contributed by atoms with E-state index in [9.17, 15) is 4.79 Å². The maximum atomic E-state index is 13.3. The van der Waals surface area contributed by atoms with Gasteiger partial charge in [-0.1, -0.05) is 11.6 Å². The van der Waals surface area contributed by atoms with Crippen molar-refractivity contribution < 1.29 is 9.53 Å². The van der Waals surface area contributed by atoms with Gasteiger partial charge in [0.25, 0.3) is 0 Å². The van der Waals surface area contributed by atoms with Crippen LogP contribution in [0.5, 0.6) is 5.75 Å². The van der Waals surface area contributed by atoms with Crippen molar-refractivity contribution in [1.29, 1.82) is 0 Å². The zero-order chi connectivity index (χ0) is 19.5. The molecule has 1 unspecified atom stereocenters. The Labute approximate surface area is 168 Å². The predicted octanol–water partition coefficient (Wildman–Crippen LogP) is 2.97. The Morgan fingerprint density at radius 2 is 1.93 bits per heavy atom. The van der Waals surface area contributed by atoms with Crippen LogP contribution in [-0.4, -0.2) is 59.7 Å². The first-order chi connectivity index (χ1) is 13.5. The van der Waals surface area contributed by atoms with Crippen LogP contribution in [0.4, 0.5) is 16.4 Å². The fraction of sp³-hybridized carbons (Fsp3) is 0.450. The number of carbonyl (C=O) groups is 1.